The summed E-state index contributed by atoms with van der Waals surface area (Å²) in [5.74, 6) is 0.545. The van der Waals surface area contributed by atoms with E-state index in [0.717, 1.165) is 0 Å². The zero-order valence-electron chi connectivity index (χ0n) is 8.40. The van der Waals surface area contributed by atoms with Gasteiger partial charge in [0.2, 0.25) is 0 Å². The largest absolute Gasteiger partial charge is 0.398 e. The second-order valence-corrected chi connectivity index (χ2v) is 3.80. The first-order valence-electron chi connectivity index (χ1n) is 4.73. The first-order valence-corrected chi connectivity index (χ1v) is 5.11. The number of aromatic amines is 1. The maximum Gasteiger partial charge on any atom is 0.172 e. The Morgan fingerprint density at radius 3 is 2.94 bits per heavy atom. The fraction of sp³-hybridized carbons (Fsp3) is 0.0909. The highest BCUT2D eigenvalue weighted by Crippen LogP contribution is 2.19. The number of carbonyl (C=O) groups excluding carboxylic acids is 1. The fourth-order valence-electron chi connectivity index (χ4n) is 1.43. The van der Waals surface area contributed by atoms with Gasteiger partial charge in [-0.3, -0.25) is 4.79 Å². The van der Waals surface area contributed by atoms with Crippen molar-refractivity contribution in [3.8, 4) is 0 Å². The minimum Gasteiger partial charge on any atom is -0.398 e. The molecule has 0 radical (unpaired) electrons. The van der Waals surface area contributed by atoms with Gasteiger partial charge >= 0.3 is 0 Å². The van der Waals surface area contributed by atoms with Gasteiger partial charge in [0.25, 0.3) is 0 Å². The average molecular weight is 236 g/mol. The van der Waals surface area contributed by atoms with Crippen molar-refractivity contribution in [2.75, 3.05) is 5.73 Å². The molecule has 0 amide bonds. The second-order valence-electron chi connectivity index (χ2n) is 3.37. The number of carbonyl (C=O) groups is 1. The predicted molar refractivity (Wildman–Crippen MR) is 62.5 cm³/mol. The highest BCUT2D eigenvalue weighted by molar-refractivity contribution is 6.31. The Morgan fingerprint density at radius 1 is 1.50 bits per heavy atom. The van der Waals surface area contributed by atoms with E-state index in [2.05, 4.69) is 9.97 Å². The van der Waals surface area contributed by atoms with Gasteiger partial charge in [-0.05, 0) is 18.2 Å². The van der Waals surface area contributed by atoms with Crippen molar-refractivity contribution in [1.29, 1.82) is 0 Å². The van der Waals surface area contributed by atoms with Crippen molar-refractivity contribution in [2.24, 2.45) is 0 Å². The van der Waals surface area contributed by atoms with Gasteiger partial charge in [-0.2, -0.15) is 0 Å². The molecular formula is C11H10ClN3O. The maximum absolute atomic E-state index is 11.9. The van der Waals surface area contributed by atoms with Crippen molar-refractivity contribution in [3.05, 3.63) is 47.0 Å². The number of Topliss-reactive ketones (excluding diaryl/α,β-unsaturated/α-hetero) is 1. The van der Waals surface area contributed by atoms with Gasteiger partial charge in [-0.1, -0.05) is 11.6 Å². The molecule has 1 aromatic heterocycles. The molecule has 4 nitrogen and oxygen atoms in total. The number of nitrogens with one attached hydrogen (secondary N) is 1. The van der Waals surface area contributed by atoms with E-state index < -0.39 is 0 Å². The molecule has 0 saturated heterocycles. The van der Waals surface area contributed by atoms with E-state index in [-0.39, 0.29) is 12.2 Å². The van der Waals surface area contributed by atoms with E-state index in [1.807, 2.05) is 0 Å². The van der Waals surface area contributed by atoms with Crippen LogP contribution in [0.3, 0.4) is 0 Å². The normalized spacial score (nSPS) is 10.3. The number of aromatic nitrogens is 2. The Labute approximate surface area is 97.5 Å². The van der Waals surface area contributed by atoms with E-state index >= 15 is 0 Å². The van der Waals surface area contributed by atoms with Crippen molar-refractivity contribution in [2.45, 2.75) is 6.42 Å². The summed E-state index contributed by atoms with van der Waals surface area (Å²) < 4.78 is 0. The number of ketones is 1. The average Bonchev–Trinajstić information content (AvgIpc) is 2.70. The maximum atomic E-state index is 11.9. The molecule has 0 aliphatic carbocycles. The fourth-order valence-corrected chi connectivity index (χ4v) is 1.61. The molecule has 1 aromatic carbocycles. The Bertz CT molecular complexity index is 508. The summed E-state index contributed by atoms with van der Waals surface area (Å²) in [6, 6.07) is 4.84. The zero-order valence-corrected chi connectivity index (χ0v) is 9.16. The molecule has 0 saturated carbocycles. The predicted octanol–water partition coefficient (Wildman–Crippen LogP) is 2.07. The summed E-state index contributed by atoms with van der Waals surface area (Å²) in [4.78, 5) is 18.7. The molecule has 0 atom stereocenters. The molecule has 0 bridgehead atoms. The SMILES string of the molecule is Nc1cc(Cl)ccc1C(=O)Cc1ncc[nH]1. The topological polar surface area (TPSA) is 71.8 Å². The number of benzene rings is 1. The van der Waals surface area contributed by atoms with Crippen molar-refractivity contribution in [3.63, 3.8) is 0 Å². The number of nitrogen functional groups attached to an aromatic ring is 1. The quantitative estimate of drug-likeness (QED) is 0.632. The summed E-state index contributed by atoms with van der Waals surface area (Å²) >= 11 is 5.75. The molecule has 16 heavy (non-hydrogen) atoms. The highest BCUT2D eigenvalue weighted by Gasteiger charge is 2.11. The molecule has 0 unspecified atom stereocenters. The van der Waals surface area contributed by atoms with Crippen LogP contribution in [-0.4, -0.2) is 15.8 Å². The molecule has 1 heterocycles. The third-order valence-corrected chi connectivity index (χ3v) is 2.43. The Morgan fingerprint density at radius 2 is 2.31 bits per heavy atom. The molecule has 0 aliphatic heterocycles. The Hall–Kier alpha value is -1.81. The number of nitrogens with two attached hydrogens (primary N) is 1. The molecule has 2 aromatic rings. The smallest absolute Gasteiger partial charge is 0.172 e. The van der Waals surface area contributed by atoms with Gasteiger partial charge in [-0.15, -0.1) is 0 Å². The van der Waals surface area contributed by atoms with Gasteiger partial charge in [0.05, 0.1) is 6.42 Å². The standard InChI is InChI=1S/C11H10ClN3O/c12-7-1-2-8(9(13)5-7)10(16)6-11-14-3-4-15-11/h1-5H,6,13H2,(H,14,15). The third-order valence-electron chi connectivity index (χ3n) is 2.20. The highest BCUT2D eigenvalue weighted by atomic mass is 35.5. The number of imidazole rings is 1. The van der Waals surface area contributed by atoms with Crippen LogP contribution >= 0.6 is 11.6 Å². The summed E-state index contributed by atoms with van der Waals surface area (Å²) in [5, 5.41) is 0.520. The van der Waals surface area contributed by atoms with Crippen LogP contribution in [-0.2, 0) is 6.42 Å². The van der Waals surface area contributed by atoms with Gasteiger partial charge in [0.1, 0.15) is 5.82 Å². The number of rotatable bonds is 3. The van der Waals surface area contributed by atoms with Crippen molar-refractivity contribution < 1.29 is 4.79 Å². The van der Waals surface area contributed by atoms with Gasteiger partial charge in [-0.25, -0.2) is 4.98 Å². The molecular weight excluding hydrogens is 226 g/mol. The number of halogens is 1. The van der Waals surface area contributed by atoms with E-state index in [9.17, 15) is 4.79 Å². The van der Waals surface area contributed by atoms with Crippen LogP contribution in [0.25, 0.3) is 0 Å². The first-order chi connectivity index (χ1) is 7.66. The summed E-state index contributed by atoms with van der Waals surface area (Å²) in [6.07, 6.45) is 3.49. The Kier molecular flexibility index (Phi) is 2.92. The van der Waals surface area contributed by atoms with Crippen LogP contribution in [0.1, 0.15) is 16.2 Å². The minimum absolute atomic E-state index is 0.0795. The van der Waals surface area contributed by atoms with E-state index in [1.165, 1.54) is 0 Å². The summed E-state index contributed by atoms with van der Waals surface area (Å²) in [5.41, 5.74) is 6.58. The number of anilines is 1. The zero-order chi connectivity index (χ0) is 11.5. The monoisotopic (exact) mass is 235 g/mol. The lowest BCUT2D eigenvalue weighted by molar-refractivity contribution is 0.0992. The van der Waals surface area contributed by atoms with Crippen LogP contribution in [0, 0.1) is 0 Å². The van der Waals surface area contributed by atoms with E-state index in [4.69, 9.17) is 17.3 Å². The molecule has 82 valence electrons. The Balaban J connectivity index is 2.21. The van der Waals surface area contributed by atoms with Crippen LogP contribution < -0.4 is 5.73 Å². The van der Waals surface area contributed by atoms with Gasteiger partial charge in [0, 0.05) is 28.7 Å². The molecule has 0 fully saturated rings. The van der Waals surface area contributed by atoms with Crippen LogP contribution in [0.15, 0.2) is 30.6 Å². The lowest BCUT2D eigenvalue weighted by atomic mass is 10.1. The molecule has 3 N–H and O–H groups in total. The van der Waals surface area contributed by atoms with Crippen LogP contribution in [0.4, 0.5) is 5.69 Å². The third kappa shape index (κ3) is 2.23. The van der Waals surface area contributed by atoms with Gasteiger partial charge < -0.3 is 10.7 Å². The van der Waals surface area contributed by atoms with E-state index in [0.29, 0.717) is 22.1 Å². The van der Waals surface area contributed by atoms with Crippen molar-refractivity contribution in [1.82, 2.24) is 9.97 Å². The lowest BCUT2D eigenvalue weighted by Gasteiger charge is -2.03. The molecule has 0 aliphatic rings. The van der Waals surface area contributed by atoms with Crippen molar-refractivity contribution >= 4 is 23.1 Å². The molecule has 0 spiro atoms. The summed E-state index contributed by atoms with van der Waals surface area (Å²) in [6.45, 7) is 0. The number of hydrogen-bond donors (Lipinski definition) is 2. The number of nitrogens with zero attached hydrogens (tertiary/aromatic N) is 1. The van der Waals surface area contributed by atoms with Gasteiger partial charge in [0.15, 0.2) is 5.78 Å². The van der Waals surface area contributed by atoms with Crippen LogP contribution in [0.2, 0.25) is 5.02 Å². The molecule has 2 rings (SSSR count). The molecule has 5 heteroatoms. The minimum atomic E-state index is -0.0795. The van der Waals surface area contributed by atoms with Crippen LogP contribution in [0.5, 0.6) is 0 Å². The van der Waals surface area contributed by atoms with E-state index in [1.54, 1.807) is 30.6 Å². The lowest BCUT2D eigenvalue weighted by Crippen LogP contribution is -2.07. The summed E-state index contributed by atoms with van der Waals surface area (Å²) in [7, 11) is 0. The number of hydrogen-bond acceptors (Lipinski definition) is 3. The first kappa shape index (κ1) is 10.7. The number of H-pyrrole nitrogens is 1. The second kappa shape index (κ2) is 4.37.